The maximum Gasteiger partial charge on any atom is 0.270 e. The van der Waals surface area contributed by atoms with E-state index in [0.717, 1.165) is 0 Å². The molecule has 0 aliphatic heterocycles. The number of ether oxygens (including phenoxy) is 1. The lowest BCUT2D eigenvalue weighted by Gasteiger charge is -2.16. The van der Waals surface area contributed by atoms with Crippen molar-refractivity contribution >= 4 is 57.8 Å². The zero-order valence-corrected chi connectivity index (χ0v) is 20.4. The normalized spacial score (nSPS) is 10.7. The van der Waals surface area contributed by atoms with Crippen molar-refractivity contribution in [1.29, 1.82) is 0 Å². The third kappa shape index (κ3) is 5.33. The van der Waals surface area contributed by atoms with Gasteiger partial charge in [0.05, 0.1) is 9.85 Å². The fraction of sp³-hybridized carbons (Fsp3) is 0. The molecule has 11 heteroatoms. The van der Waals surface area contributed by atoms with Gasteiger partial charge in [-0.15, -0.1) is 0 Å². The molecular formula is C24H12Cl4N2O5. The van der Waals surface area contributed by atoms with E-state index < -0.39 is 9.85 Å². The SMILES string of the molecule is O=[N+]([O-])c1ccc(Oc2ccc([N+](=O)[O-])cc2-c2cc(Cl)ccc2Cl)c(-c2cc(Cl)ccc2Cl)c1. The van der Waals surface area contributed by atoms with Crippen LogP contribution in [0.4, 0.5) is 11.4 Å². The highest BCUT2D eigenvalue weighted by atomic mass is 35.5. The van der Waals surface area contributed by atoms with Gasteiger partial charge in [0.1, 0.15) is 11.5 Å². The van der Waals surface area contributed by atoms with E-state index in [9.17, 15) is 20.2 Å². The second-order valence-corrected chi connectivity index (χ2v) is 8.91. The summed E-state index contributed by atoms with van der Waals surface area (Å²) in [5.74, 6) is 0.404. The van der Waals surface area contributed by atoms with Crippen LogP contribution in [0.1, 0.15) is 0 Å². The second-order valence-electron chi connectivity index (χ2n) is 7.23. The summed E-state index contributed by atoms with van der Waals surface area (Å²) in [6.07, 6.45) is 0. The lowest BCUT2D eigenvalue weighted by Crippen LogP contribution is -1.96. The summed E-state index contributed by atoms with van der Waals surface area (Å²) in [7, 11) is 0. The predicted octanol–water partition coefficient (Wildman–Crippen LogP) is 9.24. The Morgan fingerprint density at radius 3 is 1.31 bits per heavy atom. The van der Waals surface area contributed by atoms with Gasteiger partial charge in [0.15, 0.2) is 0 Å². The Balaban J connectivity index is 1.92. The van der Waals surface area contributed by atoms with Crippen molar-refractivity contribution in [3.8, 4) is 33.8 Å². The zero-order chi connectivity index (χ0) is 25.3. The van der Waals surface area contributed by atoms with Crippen LogP contribution in [0, 0.1) is 20.2 Å². The Hall–Kier alpha value is -3.36. The molecule has 0 bridgehead atoms. The highest BCUT2D eigenvalue weighted by Crippen LogP contribution is 2.44. The maximum absolute atomic E-state index is 11.4. The van der Waals surface area contributed by atoms with Gasteiger partial charge in [0.2, 0.25) is 0 Å². The molecule has 7 nitrogen and oxygen atoms in total. The molecule has 176 valence electrons. The first kappa shape index (κ1) is 24.8. The smallest absolute Gasteiger partial charge is 0.270 e. The van der Waals surface area contributed by atoms with Crippen molar-refractivity contribution in [2.45, 2.75) is 0 Å². The van der Waals surface area contributed by atoms with Crippen LogP contribution in [-0.2, 0) is 0 Å². The molecule has 0 aliphatic rings. The van der Waals surface area contributed by atoms with E-state index in [2.05, 4.69) is 0 Å². The molecule has 4 rings (SSSR count). The summed E-state index contributed by atoms with van der Waals surface area (Å²) in [6.45, 7) is 0. The van der Waals surface area contributed by atoms with Crippen LogP contribution in [0.5, 0.6) is 11.5 Å². The van der Waals surface area contributed by atoms with Gasteiger partial charge in [-0.3, -0.25) is 20.2 Å². The van der Waals surface area contributed by atoms with Crippen molar-refractivity contribution in [3.63, 3.8) is 0 Å². The number of rotatable bonds is 6. The van der Waals surface area contributed by atoms with E-state index in [1.54, 1.807) is 36.4 Å². The largest absolute Gasteiger partial charge is 0.456 e. The number of nitro groups is 2. The van der Waals surface area contributed by atoms with E-state index >= 15 is 0 Å². The molecule has 0 spiro atoms. The molecule has 0 radical (unpaired) electrons. The molecule has 0 unspecified atom stereocenters. The first-order valence-corrected chi connectivity index (χ1v) is 11.3. The number of benzene rings is 4. The Morgan fingerprint density at radius 1 is 0.543 bits per heavy atom. The standard InChI is InChI=1S/C24H12Cl4N2O5/c25-13-1-5-21(27)17(9-13)19-11-15(29(31)32)3-7-23(19)35-24-8-4-16(30(33)34)12-20(24)18-10-14(26)2-6-22(18)28/h1-12H. The summed E-state index contributed by atoms with van der Waals surface area (Å²) in [4.78, 5) is 21.8. The molecule has 0 amide bonds. The second kappa shape index (κ2) is 10.1. The van der Waals surface area contributed by atoms with Crippen molar-refractivity contribution in [2.24, 2.45) is 0 Å². The van der Waals surface area contributed by atoms with Crippen molar-refractivity contribution in [3.05, 3.63) is 113 Å². The van der Waals surface area contributed by atoms with Crippen molar-refractivity contribution in [2.75, 3.05) is 0 Å². The molecule has 35 heavy (non-hydrogen) atoms. The van der Waals surface area contributed by atoms with Gasteiger partial charge in [0.25, 0.3) is 11.4 Å². The molecule has 0 atom stereocenters. The van der Waals surface area contributed by atoms with E-state index in [0.29, 0.717) is 42.3 Å². The number of halogens is 4. The monoisotopic (exact) mass is 548 g/mol. The lowest BCUT2D eigenvalue weighted by atomic mass is 10.0. The lowest BCUT2D eigenvalue weighted by molar-refractivity contribution is -0.385. The molecule has 0 saturated carbocycles. The Labute approximate surface area is 218 Å². The molecule has 0 fully saturated rings. The number of non-ortho nitro benzene ring substituents is 2. The van der Waals surface area contributed by atoms with Crippen LogP contribution in [0.25, 0.3) is 22.3 Å². The number of hydrogen-bond acceptors (Lipinski definition) is 5. The Bertz CT molecular complexity index is 1380. The van der Waals surface area contributed by atoms with Crippen LogP contribution in [0.15, 0.2) is 72.8 Å². The quantitative estimate of drug-likeness (QED) is 0.176. The Kier molecular flexibility index (Phi) is 7.14. The highest BCUT2D eigenvalue weighted by molar-refractivity contribution is 6.36. The van der Waals surface area contributed by atoms with Crippen LogP contribution in [0.3, 0.4) is 0 Å². The number of hydrogen-bond donors (Lipinski definition) is 0. The maximum atomic E-state index is 11.4. The number of nitro benzene ring substituents is 2. The first-order valence-electron chi connectivity index (χ1n) is 9.79. The molecule has 0 aliphatic carbocycles. The van der Waals surface area contributed by atoms with Gasteiger partial charge in [-0.05, 0) is 48.5 Å². The van der Waals surface area contributed by atoms with Gasteiger partial charge < -0.3 is 4.74 Å². The molecule has 0 heterocycles. The molecule has 0 aromatic heterocycles. The summed E-state index contributed by atoms with van der Waals surface area (Å²) in [5, 5.41) is 24.2. The molecule has 0 N–H and O–H groups in total. The van der Waals surface area contributed by atoms with E-state index in [4.69, 9.17) is 51.1 Å². The molecular weight excluding hydrogens is 538 g/mol. The first-order chi connectivity index (χ1) is 16.6. The third-order valence-corrected chi connectivity index (χ3v) is 6.13. The van der Waals surface area contributed by atoms with Crippen LogP contribution in [-0.4, -0.2) is 9.85 Å². The minimum Gasteiger partial charge on any atom is -0.456 e. The van der Waals surface area contributed by atoms with Gasteiger partial charge in [0, 0.05) is 66.6 Å². The van der Waals surface area contributed by atoms with Crippen LogP contribution < -0.4 is 4.74 Å². The van der Waals surface area contributed by atoms with Gasteiger partial charge in [-0.2, -0.15) is 0 Å². The van der Waals surface area contributed by atoms with E-state index in [1.165, 1.54) is 36.4 Å². The average Bonchev–Trinajstić information content (AvgIpc) is 2.82. The third-order valence-electron chi connectivity index (χ3n) is 5.01. The fourth-order valence-corrected chi connectivity index (χ4v) is 4.17. The zero-order valence-electron chi connectivity index (χ0n) is 17.4. The topological polar surface area (TPSA) is 95.5 Å². The fourth-order valence-electron chi connectivity index (χ4n) is 3.39. The molecule has 4 aromatic carbocycles. The summed E-state index contributed by atoms with van der Waals surface area (Å²) in [5.41, 5.74) is 1.03. The van der Waals surface area contributed by atoms with Crippen LogP contribution in [0.2, 0.25) is 20.1 Å². The average molecular weight is 550 g/mol. The van der Waals surface area contributed by atoms with E-state index in [1.807, 2.05) is 0 Å². The molecule has 4 aromatic rings. The summed E-state index contributed by atoms with van der Waals surface area (Å²) >= 11 is 25.0. The minimum absolute atomic E-state index is 0.190. The minimum atomic E-state index is -0.547. The summed E-state index contributed by atoms with van der Waals surface area (Å²) < 4.78 is 6.16. The summed E-state index contributed by atoms with van der Waals surface area (Å²) in [6, 6.07) is 17.4. The molecule has 0 saturated heterocycles. The van der Waals surface area contributed by atoms with Crippen molar-refractivity contribution < 1.29 is 14.6 Å². The highest BCUT2D eigenvalue weighted by Gasteiger charge is 2.21. The Morgan fingerprint density at radius 2 is 0.943 bits per heavy atom. The van der Waals surface area contributed by atoms with Gasteiger partial charge >= 0.3 is 0 Å². The predicted molar refractivity (Wildman–Crippen MR) is 137 cm³/mol. The van der Waals surface area contributed by atoms with Gasteiger partial charge in [-0.1, -0.05) is 46.4 Å². The van der Waals surface area contributed by atoms with Crippen molar-refractivity contribution in [1.82, 2.24) is 0 Å². The van der Waals surface area contributed by atoms with Crippen LogP contribution >= 0.6 is 46.4 Å². The van der Waals surface area contributed by atoms with Gasteiger partial charge in [-0.25, -0.2) is 0 Å². The van der Waals surface area contributed by atoms with E-state index in [-0.39, 0.29) is 22.9 Å². The number of nitrogens with zero attached hydrogens (tertiary/aromatic N) is 2.